The molecule has 1 aliphatic heterocycles. The molecule has 0 N–H and O–H groups in total. The summed E-state index contributed by atoms with van der Waals surface area (Å²) in [6, 6.07) is 0. The molecular weight excluding hydrogens is 248 g/mol. The van der Waals surface area contributed by atoms with Crippen LogP contribution in [-0.2, 0) is 4.79 Å². The summed E-state index contributed by atoms with van der Waals surface area (Å²) in [5.41, 5.74) is 0.584. The predicted molar refractivity (Wildman–Crippen MR) is 83.8 cm³/mol. The van der Waals surface area contributed by atoms with E-state index in [-0.39, 0.29) is 11.6 Å². The van der Waals surface area contributed by atoms with E-state index in [1.54, 1.807) is 0 Å². The van der Waals surface area contributed by atoms with E-state index in [4.69, 9.17) is 4.99 Å². The SMILES string of the molecule is CCCCC1=NC2(CC(C)CCC2C(C)C)N(C)C1=O. The minimum Gasteiger partial charge on any atom is -0.316 e. The van der Waals surface area contributed by atoms with E-state index in [1.807, 2.05) is 11.9 Å². The van der Waals surface area contributed by atoms with Gasteiger partial charge in [0.05, 0.1) is 0 Å². The van der Waals surface area contributed by atoms with E-state index in [9.17, 15) is 4.79 Å². The quantitative estimate of drug-likeness (QED) is 0.768. The van der Waals surface area contributed by atoms with Crippen LogP contribution >= 0.6 is 0 Å². The molecule has 0 aromatic carbocycles. The molecule has 1 saturated carbocycles. The summed E-state index contributed by atoms with van der Waals surface area (Å²) in [6.07, 6.45) is 6.53. The molecule has 1 spiro atoms. The van der Waals surface area contributed by atoms with Crippen LogP contribution < -0.4 is 0 Å². The number of hydrogen-bond donors (Lipinski definition) is 0. The average molecular weight is 278 g/mol. The molecule has 0 radical (unpaired) electrons. The molecule has 1 fully saturated rings. The molecule has 2 aliphatic rings. The molecule has 1 aliphatic carbocycles. The monoisotopic (exact) mass is 278 g/mol. The molecular formula is C17H30N2O. The highest BCUT2D eigenvalue weighted by Crippen LogP contribution is 2.47. The Morgan fingerprint density at radius 2 is 2.10 bits per heavy atom. The van der Waals surface area contributed by atoms with Gasteiger partial charge in [0.25, 0.3) is 5.91 Å². The number of carbonyl (C=O) groups is 1. The zero-order valence-corrected chi connectivity index (χ0v) is 13.8. The average Bonchev–Trinajstić information content (AvgIpc) is 2.62. The summed E-state index contributed by atoms with van der Waals surface area (Å²) < 4.78 is 0. The Balaban J connectivity index is 2.33. The second-order valence-corrected chi connectivity index (χ2v) is 7.14. The molecule has 0 bridgehead atoms. The van der Waals surface area contributed by atoms with Crippen molar-refractivity contribution in [3.05, 3.63) is 0 Å². The highest BCUT2D eigenvalue weighted by atomic mass is 16.2. The van der Waals surface area contributed by atoms with Crippen molar-refractivity contribution < 1.29 is 4.79 Å². The molecule has 114 valence electrons. The zero-order chi connectivity index (χ0) is 14.9. The summed E-state index contributed by atoms with van der Waals surface area (Å²) in [5, 5.41) is 0. The molecule has 2 rings (SSSR count). The van der Waals surface area contributed by atoms with Crippen molar-refractivity contribution in [1.29, 1.82) is 0 Å². The maximum atomic E-state index is 12.6. The van der Waals surface area contributed by atoms with Crippen LogP contribution in [0.3, 0.4) is 0 Å². The van der Waals surface area contributed by atoms with E-state index in [0.717, 1.165) is 31.4 Å². The fourth-order valence-corrected chi connectivity index (χ4v) is 4.08. The maximum absolute atomic E-state index is 12.6. The smallest absolute Gasteiger partial charge is 0.269 e. The van der Waals surface area contributed by atoms with Crippen LogP contribution in [0.25, 0.3) is 0 Å². The van der Waals surface area contributed by atoms with Gasteiger partial charge in [-0.15, -0.1) is 0 Å². The predicted octanol–water partition coefficient (Wildman–Crippen LogP) is 3.88. The van der Waals surface area contributed by atoms with Crippen molar-refractivity contribution in [1.82, 2.24) is 4.90 Å². The van der Waals surface area contributed by atoms with Gasteiger partial charge in [0.1, 0.15) is 11.4 Å². The first kappa shape index (κ1) is 15.5. The molecule has 3 atom stereocenters. The summed E-state index contributed by atoms with van der Waals surface area (Å²) >= 11 is 0. The Bertz CT molecular complexity index is 402. The number of hydrogen-bond acceptors (Lipinski definition) is 2. The van der Waals surface area contributed by atoms with Gasteiger partial charge in [-0.25, -0.2) is 0 Å². The standard InChI is InChI=1S/C17H30N2O/c1-6-7-8-15-16(20)19(5)17(18-15)11-13(4)9-10-14(17)12(2)3/h12-14H,6-11H2,1-5H3. The maximum Gasteiger partial charge on any atom is 0.269 e. The van der Waals surface area contributed by atoms with E-state index in [0.29, 0.717) is 17.8 Å². The summed E-state index contributed by atoms with van der Waals surface area (Å²) in [4.78, 5) is 19.5. The van der Waals surface area contributed by atoms with Crippen LogP contribution in [0.5, 0.6) is 0 Å². The first-order valence-corrected chi connectivity index (χ1v) is 8.29. The number of unbranched alkanes of at least 4 members (excludes halogenated alkanes) is 1. The Labute approximate surface area is 123 Å². The van der Waals surface area contributed by atoms with Crippen LogP contribution in [0.2, 0.25) is 0 Å². The van der Waals surface area contributed by atoms with E-state index in [1.165, 1.54) is 12.8 Å². The second-order valence-electron chi connectivity index (χ2n) is 7.14. The Hall–Kier alpha value is -0.860. The zero-order valence-electron chi connectivity index (χ0n) is 13.8. The van der Waals surface area contributed by atoms with Crippen molar-refractivity contribution in [2.45, 2.75) is 71.9 Å². The summed E-state index contributed by atoms with van der Waals surface area (Å²) in [6.45, 7) is 9.02. The lowest BCUT2D eigenvalue weighted by Crippen LogP contribution is -2.54. The number of aliphatic imine (C=N–C) groups is 1. The molecule has 20 heavy (non-hydrogen) atoms. The fraction of sp³-hybridized carbons (Fsp3) is 0.882. The van der Waals surface area contributed by atoms with Crippen LogP contribution in [-0.4, -0.2) is 29.2 Å². The first-order chi connectivity index (χ1) is 9.42. The van der Waals surface area contributed by atoms with Gasteiger partial charge >= 0.3 is 0 Å². The molecule has 0 aromatic heterocycles. The molecule has 3 unspecified atom stereocenters. The largest absolute Gasteiger partial charge is 0.316 e. The number of amides is 1. The Morgan fingerprint density at radius 3 is 2.70 bits per heavy atom. The van der Waals surface area contributed by atoms with E-state index < -0.39 is 0 Å². The normalized spacial score (nSPS) is 34.2. The Morgan fingerprint density at radius 1 is 1.40 bits per heavy atom. The van der Waals surface area contributed by atoms with Gasteiger partial charge in [-0.05, 0) is 37.5 Å². The van der Waals surface area contributed by atoms with Gasteiger partial charge < -0.3 is 4.90 Å². The van der Waals surface area contributed by atoms with Gasteiger partial charge in [0.15, 0.2) is 0 Å². The minimum atomic E-state index is -0.244. The molecule has 1 amide bonds. The van der Waals surface area contributed by atoms with Crippen LogP contribution in [0, 0.1) is 17.8 Å². The van der Waals surface area contributed by atoms with Gasteiger partial charge in [-0.3, -0.25) is 9.79 Å². The second kappa shape index (κ2) is 5.87. The minimum absolute atomic E-state index is 0.179. The fourth-order valence-electron chi connectivity index (χ4n) is 4.08. The molecule has 3 heteroatoms. The third-order valence-electron chi connectivity index (χ3n) is 5.25. The first-order valence-electron chi connectivity index (χ1n) is 8.29. The van der Waals surface area contributed by atoms with Gasteiger partial charge in [0.2, 0.25) is 0 Å². The highest BCUT2D eigenvalue weighted by molar-refractivity contribution is 6.40. The van der Waals surface area contributed by atoms with Crippen LogP contribution in [0.1, 0.15) is 66.2 Å². The molecule has 3 nitrogen and oxygen atoms in total. The van der Waals surface area contributed by atoms with E-state index >= 15 is 0 Å². The third kappa shape index (κ3) is 2.51. The van der Waals surface area contributed by atoms with Crippen molar-refractivity contribution in [3.63, 3.8) is 0 Å². The lowest BCUT2D eigenvalue weighted by atomic mass is 9.69. The van der Waals surface area contributed by atoms with Gasteiger partial charge in [0, 0.05) is 13.0 Å². The van der Waals surface area contributed by atoms with Gasteiger partial charge in [-0.1, -0.05) is 40.5 Å². The highest BCUT2D eigenvalue weighted by Gasteiger charge is 2.52. The van der Waals surface area contributed by atoms with Crippen LogP contribution in [0.15, 0.2) is 4.99 Å². The number of carbonyl (C=O) groups excluding carboxylic acids is 1. The molecule has 0 saturated heterocycles. The lowest BCUT2D eigenvalue weighted by molar-refractivity contribution is -0.130. The number of nitrogens with zero attached hydrogens (tertiary/aromatic N) is 2. The van der Waals surface area contributed by atoms with Crippen LogP contribution in [0.4, 0.5) is 0 Å². The summed E-state index contributed by atoms with van der Waals surface area (Å²) in [5.74, 6) is 1.92. The molecule has 0 aromatic rings. The van der Waals surface area contributed by atoms with Crippen molar-refractivity contribution in [2.24, 2.45) is 22.7 Å². The summed E-state index contributed by atoms with van der Waals surface area (Å²) in [7, 11) is 1.97. The van der Waals surface area contributed by atoms with Crippen molar-refractivity contribution >= 4 is 11.6 Å². The van der Waals surface area contributed by atoms with Crippen molar-refractivity contribution in [2.75, 3.05) is 7.05 Å². The third-order valence-corrected chi connectivity index (χ3v) is 5.25. The molecule has 1 heterocycles. The lowest BCUT2D eigenvalue weighted by Gasteiger charge is -2.47. The Kier molecular flexibility index (Phi) is 4.55. The topological polar surface area (TPSA) is 32.7 Å². The van der Waals surface area contributed by atoms with Gasteiger partial charge in [-0.2, -0.15) is 0 Å². The number of rotatable bonds is 4. The van der Waals surface area contributed by atoms with Crippen molar-refractivity contribution in [3.8, 4) is 0 Å². The van der Waals surface area contributed by atoms with E-state index in [2.05, 4.69) is 27.7 Å².